The molecule has 0 spiro atoms. The number of amides is 1. The van der Waals surface area contributed by atoms with Gasteiger partial charge < -0.3 is 5.32 Å². The van der Waals surface area contributed by atoms with Crippen molar-refractivity contribution in [3.8, 4) is 0 Å². The molecular formula is C12H14N6O. The number of nitrogens with one attached hydrogen (secondary N) is 2. The van der Waals surface area contributed by atoms with Gasteiger partial charge in [-0.15, -0.1) is 5.10 Å². The predicted octanol–water partition coefficient (Wildman–Crippen LogP) is 0.108. The van der Waals surface area contributed by atoms with Crippen LogP contribution in [0.15, 0.2) is 18.2 Å². The standard InChI is InChI=1S/C12H14N6O/c1-18-16-12(15-17-18)14-11(19)10-4-2-3-8-7-13-6-5-9(8)10/h2-4,13H,5-7H2,1H3,(H,14,16,19). The number of aryl methyl sites for hydroxylation is 1. The molecule has 7 nitrogen and oxygen atoms in total. The summed E-state index contributed by atoms with van der Waals surface area (Å²) in [6.45, 7) is 1.69. The zero-order valence-corrected chi connectivity index (χ0v) is 10.6. The summed E-state index contributed by atoms with van der Waals surface area (Å²) in [4.78, 5) is 13.6. The van der Waals surface area contributed by atoms with Crippen LogP contribution in [0, 0.1) is 0 Å². The molecule has 0 radical (unpaired) electrons. The number of aromatic nitrogens is 4. The number of hydrogen-bond acceptors (Lipinski definition) is 5. The first kappa shape index (κ1) is 11.8. The maximum atomic E-state index is 12.2. The topological polar surface area (TPSA) is 84.7 Å². The van der Waals surface area contributed by atoms with Crippen molar-refractivity contribution in [3.63, 3.8) is 0 Å². The van der Waals surface area contributed by atoms with Crippen LogP contribution in [0.5, 0.6) is 0 Å². The van der Waals surface area contributed by atoms with Gasteiger partial charge in [0.1, 0.15) is 0 Å². The lowest BCUT2D eigenvalue weighted by atomic mass is 9.95. The fourth-order valence-corrected chi connectivity index (χ4v) is 2.25. The molecule has 0 saturated carbocycles. The average Bonchev–Trinajstić information content (AvgIpc) is 2.83. The van der Waals surface area contributed by atoms with E-state index in [1.54, 1.807) is 7.05 Å². The zero-order chi connectivity index (χ0) is 13.2. The second-order valence-electron chi connectivity index (χ2n) is 4.43. The summed E-state index contributed by atoms with van der Waals surface area (Å²) < 4.78 is 0. The van der Waals surface area contributed by atoms with Crippen LogP contribution in [0.3, 0.4) is 0 Å². The van der Waals surface area contributed by atoms with E-state index in [0.29, 0.717) is 5.56 Å². The zero-order valence-electron chi connectivity index (χ0n) is 10.6. The fourth-order valence-electron chi connectivity index (χ4n) is 2.25. The summed E-state index contributed by atoms with van der Waals surface area (Å²) >= 11 is 0. The van der Waals surface area contributed by atoms with Gasteiger partial charge in [0.15, 0.2) is 0 Å². The Bertz CT molecular complexity index is 620. The summed E-state index contributed by atoms with van der Waals surface area (Å²) in [7, 11) is 1.65. The molecule has 0 atom stereocenters. The lowest BCUT2D eigenvalue weighted by Crippen LogP contribution is -2.26. The molecule has 0 saturated heterocycles. The minimum atomic E-state index is -0.188. The second-order valence-corrected chi connectivity index (χ2v) is 4.43. The van der Waals surface area contributed by atoms with Gasteiger partial charge in [-0.25, -0.2) is 0 Å². The van der Waals surface area contributed by atoms with Crippen molar-refractivity contribution >= 4 is 11.9 Å². The molecule has 3 rings (SSSR count). The highest BCUT2D eigenvalue weighted by Crippen LogP contribution is 2.19. The second kappa shape index (κ2) is 4.77. The molecule has 1 aliphatic rings. The van der Waals surface area contributed by atoms with Gasteiger partial charge in [-0.2, -0.15) is 4.80 Å². The minimum Gasteiger partial charge on any atom is -0.312 e. The van der Waals surface area contributed by atoms with E-state index in [1.807, 2.05) is 18.2 Å². The largest absolute Gasteiger partial charge is 0.312 e. The molecule has 1 aromatic carbocycles. The smallest absolute Gasteiger partial charge is 0.270 e. The number of benzene rings is 1. The highest BCUT2D eigenvalue weighted by Gasteiger charge is 2.18. The summed E-state index contributed by atoms with van der Waals surface area (Å²) in [5, 5.41) is 17.3. The number of hydrogen-bond donors (Lipinski definition) is 2. The van der Waals surface area contributed by atoms with Crippen LogP contribution >= 0.6 is 0 Å². The Hall–Kier alpha value is -2.28. The minimum absolute atomic E-state index is 0.188. The number of nitrogens with zero attached hydrogens (tertiary/aromatic N) is 4. The van der Waals surface area contributed by atoms with E-state index in [0.717, 1.165) is 25.1 Å². The maximum absolute atomic E-state index is 12.2. The average molecular weight is 258 g/mol. The van der Waals surface area contributed by atoms with E-state index < -0.39 is 0 Å². The Morgan fingerprint density at radius 1 is 1.47 bits per heavy atom. The number of tetrazole rings is 1. The molecule has 0 bridgehead atoms. The summed E-state index contributed by atoms with van der Waals surface area (Å²) in [6, 6.07) is 5.76. The van der Waals surface area contributed by atoms with Crippen LogP contribution < -0.4 is 10.6 Å². The molecule has 0 aliphatic carbocycles. The van der Waals surface area contributed by atoms with Crippen LogP contribution in [0.25, 0.3) is 0 Å². The number of carbonyl (C=O) groups excluding carboxylic acids is 1. The van der Waals surface area contributed by atoms with Gasteiger partial charge >= 0.3 is 0 Å². The molecule has 19 heavy (non-hydrogen) atoms. The van der Waals surface area contributed by atoms with E-state index in [-0.39, 0.29) is 11.9 Å². The number of fused-ring (bicyclic) bond motifs is 1. The lowest BCUT2D eigenvalue weighted by molar-refractivity contribution is 0.102. The third-order valence-electron chi connectivity index (χ3n) is 3.12. The van der Waals surface area contributed by atoms with Crippen molar-refractivity contribution in [2.75, 3.05) is 11.9 Å². The molecule has 7 heteroatoms. The molecule has 1 aromatic heterocycles. The summed E-state index contributed by atoms with van der Waals surface area (Å²) in [5.41, 5.74) is 2.96. The Kier molecular flexibility index (Phi) is 2.96. The monoisotopic (exact) mass is 258 g/mol. The molecule has 0 fully saturated rings. The summed E-state index contributed by atoms with van der Waals surface area (Å²) in [6.07, 6.45) is 0.854. The maximum Gasteiger partial charge on any atom is 0.270 e. The first-order chi connectivity index (χ1) is 9.24. The molecule has 1 amide bonds. The first-order valence-electron chi connectivity index (χ1n) is 6.11. The van der Waals surface area contributed by atoms with Crippen molar-refractivity contribution in [1.82, 2.24) is 25.5 Å². The number of rotatable bonds is 2. The Morgan fingerprint density at radius 3 is 3.16 bits per heavy atom. The molecular weight excluding hydrogens is 244 g/mol. The number of anilines is 1. The molecule has 0 unspecified atom stereocenters. The van der Waals surface area contributed by atoms with Gasteiger partial charge in [-0.05, 0) is 35.4 Å². The van der Waals surface area contributed by atoms with E-state index in [9.17, 15) is 4.79 Å². The van der Waals surface area contributed by atoms with E-state index >= 15 is 0 Å². The van der Waals surface area contributed by atoms with Crippen molar-refractivity contribution in [2.45, 2.75) is 13.0 Å². The molecule has 2 heterocycles. The quantitative estimate of drug-likeness (QED) is 0.798. The molecule has 2 aromatic rings. The Labute approximate surface area is 110 Å². The molecule has 98 valence electrons. The van der Waals surface area contributed by atoms with Crippen LogP contribution in [-0.4, -0.2) is 32.7 Å². The van der Waals surface area contributed by atoms with Crippen molar-refractivity contribution in [3.05, 3.63) is 34.9 Å². The van der Waals surface area contributed by atoms with Crippen LogP contribution in [0.4, 0.5) is 5.95 Å². The van der Waals surface area contributed by atoms with Crippen molar-refractivity contribution < 1.29 is 4.79 Å². The Balaban J connectivity index is 1.87. The van der Waals surface area contributed by atoms with Crippen LogP contribution in [0.2, 0.25) is 0 Å². The first-order valence-corrected chi connectivity index (χ1v) is 6.11. The van der Waals surface area contributed by atoms with Crippen molar-refractivity contribution in [1.29, 1.82) is 0 Å². The van der Waals surface area contributed by atoms with E-state index in [4.69, 9.17) is 0 Å². The van der Waals surface area contributed by atoms with Crippen molar-refractivity contribution in [2.24, 2.45) is 7.05 Å². The highest BCUT2D eigenvalue weighted by atomic mass is 16.1. The normalized spacial score (nSPS) is 13.9. The van der Waals surface area contributed by atoms with E-state index in [2.05, 4.69) is 26.0 Å². The highest BCUT2D eigenvalue weighted by molar-refractivity contribution is 6.04. The third kappa shape index (κ3) is 2.32. The fraction of sp³-hybridized carbons (Fsp3) is 0.333. The SMILES string of the molecule is Cn1nnc(NC(=O)c2cccc3c2CCNC3)n1. The molecule has 2 N–H and O–H groups in total. The van der Waals surface area contributed by atoms with E-state index in [1.165, 1.54) is 10.4 Å². The predicted molar refractivity (Wildman–Crippen MR) is 68.6 cm³/mol. The Morgan fingerprint density at radius 2 is 2.37 bits per heavy atom. The van der Waals surface area contributed by atoms with Crippen LogP contribution in [0.1, 0.15) is 21.5 Å². The molecule has 1 aliphatic heterocycles. The van der Waals surface area contributed by atoms with Gasteiger partial charge in [0.2, 0.25) is 0 Å². The third-order valence-corrected chi connectivity index (χ3v) is 3.12. The summed E-state index contributed by atoms with van der Waals surface area (Å²) in [5.74, 6) is 0.0331. The van der Waals surface area contributed by atoms with Gasteiger partial charge in [0, 0.05) is 12.1 Å². The van der Waals surface area contributed by atoms with Gasteiger partial charge in [-0.3, -0.25) is 10.1 Å². The number of carbonyl (C=O) groups is 1. The lowest BCUT2D eigenvalue weighted by Gasteiger charge is -2.19. The van der Waals surface area contributed by atoms with Gasteiger partial charge in [0.05, 0.1) is 7.05 Å². The van der Waals surface area contributed by atoms with Gasteiger partial charge in [0.25, 0.3) is 11.9 Å². The van der Waals surface area contributed by atoms with Gasteiger partial charge in [-0.1, -0.05) is 17.2 Å². The van der Waals surface area contributed by atoms with Crippen LogP contribution in [-0.2, 0) is 20.0 Å².